The van der Waals surface area contributed by atoms with Crippen molar-refractivity contribution in [2.24, 2.45) is 0 Å². The number of methoxy groups -OCH3 is 2. The van der Waals surface area contributed by atoms with Crippen molar-refractivity contribution >= 4 is 16.7 Å². The molecule has 0 atom stereocenters. The Bertz CT molecular complexity index is 551. The molecule has 0 spiro atoms. The lowest BCUT2D eigenvalue weighted by molar-refractivity contribution is -0.139. The van der Waals surface area contributed by atoms with Gasteiger partial charge in [-0.2, -0.15) is 0 Å². The average Bonchev–Trinajstić information content (AvgIpc) is 2.38. The van der Waals surface area contributed by atoms with Crippen molar-refractivity contribution < 1.29 is 14.3 Å². The molecule has 0 saturated heterocycles. The van der Waals surface area contributed by atoms with E-state index in [0.717, 1.165) is 16.5 Å². The summed E-state index contributed by atoms with van der Waals surface area (Å²) in [6.45, 7) is 0. The molecule has 0 N–H and O–H groups in total. The molecule has 1 aromatic heterocycles. The van der Waals surface area contributed by atoms with E-state index in [0.29, 0.717) is 5.69 Å². The molecule has 17 heavy (non-hydrogen) atoms. The van der Waals surface area contributed by atoms with Crippen LogP contribution in [0, 0.1) is 0 Å². The van der Waals surface area contributed by atoms with Crippen LogP contribution < -0.4 is 4.74 Å². The van der Waals surface area contributed by atoms with Crippen molar-refractivity contribution in [2.75, 3.05) is 14.2 Å². The fourth-order valence-corrected chi connectivity index (χ4v) is 1.68. The maximum atomic E-state index is 11.3. The summed E-state index contributed by atoms with van der Waals surface area (Å²) in [5.41, 5.74) is 0.702. The van der Waals surface area contributed by atoms with Crippen LogP contribution in [0.2, 0.25) is 0 Å². The SMILES string of the molecule is COC(=O)Cc1nccc2ccc(OC)cc12. The van der Waals surface area contributed by atoms with E-state index in [4.69, 9.17) is 4.74 Å². The summed E-state index contributed by atoms with van der Waals surface area (Å²) in [5.74, 6) is 0.449. The molecule has 0 amide bonds. The second kappa shape index (κ2) is 4.82. The summed E-state index contributed by atoms with van der Waals surface area (Å²) >= 11 is 0. The van der Waals surface area contributed by atoms with Gasteiger partial charge in [-0.05, 0) is 23.6 Å². The van der Waals surface area contributed by atoms with Crippen LogP contribution in [0.1, 0.15) is 5.69 Å². The second-order valence-electron chi connectivity index (χ2n) is 3.60. The van der Waals surface area contributed by atoms with E-state index in [1.165, 1.54) is 7.11 Å². The molecule has 2 rings (SSSR count). The first-order valence-electron chi connectivity index (χ1n) is 5.23. The van der Waals surface area contributed by atoms with Crippen LogP contribution in [0.4, 0.5) is 0 Å². The van der Waals surface area contributed by atoms with E-state index < -0.39 is 0 Å². The van der Waals surface area contributed by atoms with Gasteiger partial charge in [0.2, 0.25) is 0 Å². The van der Waals surface area contributed by atoms with E-state index in [1.54, 1.807) is 13.3 Å². The third kappa shape index (κ3) is 2.36. The van der Waals surface area contributed by atoms with Crippen LogP contribution in [0.3, 0.4) is 0 Å². The van der Waals surface area contributed by atoms with Crippen molar-refractivity contribution in [3.63, 3.8) is 0 Å². The number of carbonyl (C=O) groups is 1. The fourth-order valence-electron chi connectivity index (χ4n) is 1.68. The van der Waals surface area contributed by atoms with Crippen LogP contribution >= 0.6 is 0 Å². The molecule has 0 aliphatic carbocycles. The molecule has 4 nitrogen and oxygen atoms in total. The van der Waals surface area contributed by atoms with Gasteiger partial charge in [-0.25, -0.2) is 0 Å². The molecular weight excluding hydrogens is 218 g/mol. The Morgan fingerprint density at radius 3 is 2.82 bits per heavy atom. The van der Waals surface area contributed by atoms with Crippen LogP contribution in [0.25, 0.3) is 10.8 Å². The Morgan fingerprint density at radius 2 is 2.12 bits per heavy atom. The number of nitrogens with zero attached hydrogens (tertiary/aromatic N) is 1. The lowest BCUT2D eigenvalue weighted by Crippen LogP contribution is -2.06. The molecule has 0 radical (unpaired) electrons. The first-order valence-corrected chi connectivity index (χ1v) is 5.23. The zero-order valence-corrected chi connectivity index (χ0v) is 9.77. The van der Waals surface area contributed by atoms with E-state index in [1.807, 2.05) is 24.3 Å². The molecule has 0 aliphatic rings. The Hall–Kier alpha value is -2.10. The van der Waals surface area contributed by atoms with Gasteiger partial charge in [0.1, 0.15) is 5.75 Å². The van der Waals surface area contributed by atoms with Gasteiger partial charge in [0, 0.05) is 11.6 Å². The van der Waals surface area contributed by atoms with Gasteiger partial charge in [0.15, 0.2) is 0 Å². The first kappa shape index (κ1) is 11.4. The number of pyridine rings is 1. The normalized spacial score (nSPS) is 10.2. The Morgan fingerprint density at radius 1 is 1.29 bits per heavy atom. The zero-order valence-electron chi connectivity index (χ0n) is 9.77. The number of benzene rings is 1. The summed E-state index contributed by atoms with van der Waals surface area (Å²) in [6, 6.07) is 7.59. The highest BCUT2D eigenvalue weighted by Gasteiger charge is 2.09. The molecule has 1 heterocycles. The van der Waals surface area contributed by atoms with Crippen LogP contribution in [-0.2, 0) is 16.0 Å². The number of rotatable bonds is 3. The van der Waals surface area contributed by atoms with Gasteiger partial charge in [-0.1, -0.05) is 6.07 Å². The summed E-state index contributed by atoms with van der Waals surface area (Å²) in [5, 5.41) is 1.94. The highest BCUT2D eigenvalue weighted by atomic mass is 16.5. The van der Waals surface area contributed by atoms with Gasteiger partial charge in [0.25, 0.3) is 0 Å². The van der Waals surface area contributed by atoms with E-state index in [-0.39, 0.29) is 12.4 Å². The quantitative estimate of drug-likeness (QED) is 0.758. The van der Waals surface area contributed by atoms with Gasteiger partial charge >= 0.3 is 5.97 Å². The third-order valence-corrected chi connectivity index (χ3v) is 2.60. The van der Waals surface area contributed by atoms with Crippen molar-refractivity contribution in [3.05, 3.63) is 36.2 Å². The maximum absolute atomic E-state index is 11.3. The van der Waals surface area contributed by atoms with E-state index in [2.05, 4.69) is 9.72 Å². The van der Waals surface area contributed by atoms with Crippen LogP contribution in [-0.4, -0.2) is 25.2 Å². The van der Waals surface area contributed by atoms with Crippen molar-refractivity contribution in [2.45, 2.75) is 6.42 Å². The Labute approximate surface area is 99.2 Å². The minimum atomic E-state index is -0.298. The topological polar surface area (TPSA) is 48.4 Å². The predicted molar refractivity (Wildman–Crippen MR) is 64.0 cm³/mol. The van der Waals surface area contributed by atoms with Gasteiger partial charge in [-0.15, -0.1) is 0 Å². The lowest BCUT2D eigenvalue weighted by atomic mass is 10.1. The van der Waals surface area contributed by atoms with E-state index >= 15 is 0 Å². The highest BCUT2D eigenvalue weighted by Crippen LogP contribution is 2.23. The first-order chi connectivity index (χ1) is 8.24. The second-order valence-corrected chi connectivity index (χ2v) is 3.60. The van der Waals surface area contributed by atoms with Crippen molar-refractivity contribution in [3.8, 4) is 5.75 Å². The Balaban J connectivity index is 2.50. The van der Waals surface area contributed by atoms with Gasteiger partial charge in [0.05, 0.1) is 26.3 Å². The number of hydrogen-bond donors (Lipinski definition) is 0. The number of aromatic nitrogens is 1. The summed E-state index contributed by atoms with van der Waals surface area (Å²) in [6.07, 6.45) is 1.86. The predicted octanol–water partition coefficient (Wildman–Crippen LogP) is 1.96. The number of carbonyl (C=O) groups excluding carboxylic acids is 1. The minimum Gasteiger partial charge on any atom is -0.497 e. The summed E-state index contributed by atoms with van der Waals surface area (Å²) in [4.78, 5) is 15.5. The summed E-state index contributed by atoms with van der Waals surface area (Å²) in [7, 11) is 2.98. The number of hydrogen-bond acceptors (Lipinski definition) is 4. The fraction of sp³-hybridized carbons (Fsp3) is 0.231. The smallest absolute Gasteiger partial charge is 0.311 e. The molecule has 1 aromatic carbocycles. The average molecular weight is 231 g/mol. The monoisotopic (exact) mass is 231 g/mol. The molecular formula is C13H13NO3. The molecule has 0 unspecified atom stereocenters. The molecule has 4 heteroatoms. The lowest BCUT2D eigenvalue weighted by Gasteiger charge is -2.06. The molecule has 0 aliphatic heterocycles. The van der Waals surface area contributed by atoms with Gasteiger partial charge in [-0.3, -0.25) is 9.78 Å². The number of fused-ring (bicyclic) bond motifs is 1. The molecule has 88 valence electrons. The molecule has 2 aromatic rings. The standard InChI is InChI=1S/C13H13NO3/c1-16-10-4-3-9-5-6-14-12(11(9)7-10)8-13(15)17-2/h3-7H,8H2,1-2H3. The Kier molecular flexibility index (Phi) is 3.23. The third-order valence-electron chi connectivity index (χ3n) is 2.60. The number of ether oxygens (including phenoxy) is 2. The zero-order chi connectivity index (χ0) is 12.3. The van der Waals surface area contributed by atoms with Crippen LogP contribution in [0.15, 0.2) is 30.5 Å². The molecule has 0 saturated carbocycles. The maximum Gasteiger partial charge on any atom is 0.311 e. The minimum absolute atomic E-state index is 0.168. The largest absolute Gasteiger partial charge is 0.497 e. The molecule has 0 bridgehead atoms. The van der Waals surface area contributed by atoms with E-state index in [9.17, 15) is 4.79 Å². The number of esters is 1. The van der Waals surface area contributed by atoms with Crippen molar-refractivity contribution in [1.82, 2.24) is 4.98 Å². The highest BCUT2D eigenvalue weighted by molar-refractivity contribution is 5.88. The summed E-state index contributed by atoms with van der Waals surface area (Å²) < 4.78 is 9.81. The van der Waals surface area contributed by atoms with Crippen molar-refractivity contribution in [1.29, 1.82) is 0 Å². The van der Waals surface area contributed by atoms with Gasteiger partial charge < -0.3 is 9.47 Å². The molecule has 0 fully saturated rings. The van der Waals surface area contributed by atoms with Crippen LogP contribution in [0.5, 0.6) is 5.75 Å².